The second kappa shape index (κ2) is 9.03. The molecule has 3 N–H and O–H groups in total. The number of phenolic OH excluding ortho intramolecular Hbond substituents is 2. The van der Waals surface area contributed by atoms with Gasteiger partial charge in [0.05, 0.1) is 17.8 Å². The molecule has 0 unspecified atom stereocenters. The lowest BCUT2D eigenvalue weighted by Crippen LogP contribution is -2.45. The number of hydrogen-bond donors (Lipinski definition) is 3. The van der Waals surface area contributed by atoms with Crippen molar-refractivity contribution in [3.63, 3.8) is 0 Å². The molecule has 176 valence electrons. The molecule has 5 nitrogen and oxygen atoms in total. The molecule has 2 aliphatic rings. The second-order valence-corrected chi connectivity index (χ2v) is 10.8. The zero-order valence-electron chi connectivity index (χ0n) is 20.3. The van der Waals surface area contributed by atoms with Gasteiger partial charge >= 0.3 is 0 Å². The first-order valence-corrected chi connectivity index (χ1v) is 11.6. The number of phenols is 2. The lowest BCUT2D eigenvalue weighted by Gasteiger charge is -2.41. The Morgan fingerprint density at radius 1 is 1.22 bits per heavy atom. The molecular formula is C27H38O5. The number of aliphatic hydroxyl groups is 1. The molecule has 1 aromatic rings. The van der Waals surface area contributed by atoms with E-state index < -0.39 is 11.7 Å². The summed E-state index contributed by atoms with van der Waals surface area (Å²) in [5.74, 6) is 0.446. The van der Waals surface area contributed by atoms with E-state index in [1.807, 2.05) is 26.8 Å². The normalized spacial score (nSPS) is 25.8. The van der Waals surface area contributed by atoms with Gasteiger partial charge in [-0.25, -0.2) is 0 Å². The Labute approximate surface area is 191 Å². The Balaban J connectivity index is 1.98. The molecular weight excluding hydrogens is 404 g/mol. The van der Waals surface area contributed by atoms with Crippen molar-refractivity contribution in [3.8, 4) is 11.5 Å². The van der Waals surface area contributed by atoms with E-state index in [1.165, 1.54) is 0 Å². The monoisotopic (exact) mass is 442 g/mol. The highest BCUT2D eigenvalue weighted by Gasteiger charge is 2.45. The molecule has 32 heavy (non-hydrogen) atoms. The number of benzene rings is 1. The molecule has 0 spiro atoms. The standard InChI is InChI=1S/C27H38O5/c1-16(9-10-18-14-19(28)13-17(2)24(18)31)12-21-20-15-23(30)27(5,6)32-25(21)26(3,4)11-7-8-22(20)29/h9,13-14,23,25,28,30-31H,7-8,10-12,15H2,1-6H3/t23-,25+/m1/s1. The molecule has 3 rings (SSSR count). The van der Waals surface area contributed by atoms with E-state index in [9.17, 15) is 20.1 Å². The van der Waals surface area contributed by atoms with Gasteiger partial charge in [0.2, 0.25) is 0 Å². The summed E-state index contributed by atoms with van der Waals surface area (Å²) in [6.07, 6.45) is 4.61. The van der Waals surface area contributed by atoms with Crippen molar-refractivity contribution in [2.45, 2.75) is 97.9 Å². The summed E-state index contributed by atoms with van der Waals surface area (Å²) in [5, 5.41) is 31.1. The molecule has 0 fully saturated rings. The summed E-state index contributed by atoms with van der Waals surface area (Å²) >= 11 is 0. The molecule has 2 atom stereocenters. The number of aliphatic hydroxyl groups excluding tert-OH is 1. The third kappa shape index (κ3) is 5.10. The van der Waals surface area contributed by atoms with Gasteiger partial charge in [-0.3, -0.25) is 4.79 Å². The molecule has 1 heterocycles. The van der Waals surface area contributed by atoms with E-state index in [0.29, 0.717) is 36.8 Å². The molecule has 1 aliphatic heterocycles. The van der Waals surface area contributed by atoms with Crippen molar-refractivity contribution in [1.29, 1.82) is 0 Å². The van der Waals surface area contributed by atoms with Gasteiger partial charge in [-0.05, 0) is 87.6 Å². The van der Waals surface area contributed by atoms with E-state index in [4.69, 9.17) is 4.74 Å². The quantitative estimate of drug-likeness (QED) is 0.436. The predicted octanol–water partition coefficient (Wildman–Crippen LogP) is 5.29. The number of hydrogen-bond acceptors (Lipinski definition) is 5. The van der Waals surface area contributed by atoms with Crippen molar-refractivity contribution in [1.82, 2.24) is 0 Å². The SMILES string of the molecule is CC(=CCc1cc(O)cc(C)c1O)CC1=C2C[C@@H](O)C(C)(C)O[C@@H]1C(C)(C)CCCC2=O. The van der Waals surface area contributed by atoms with Crippen LogP contribution in [0.5, 0.6) is 11.5 Å². The van der Waals surface area contributed by atoms with Crippen LogP contribution in [0.2, 0.25) is 0 Å². The van der Waals surface area contributed by atoms with E-state index >= 15 is 0 Å². The van der Waals surface area contributed by atoms with Gasteiger partial charge in [0, 0.05) is 18.4 Å². The molecule has 0 saturated heterocycles. The maximum atomic E-state index is 13.1. The number of ether oxygens (including phenoxy) is 1. The summed E-state index contributed by atoms with van der Waals surface area (Å²) in [6, 6.07) is 3.12. The van der Waals surface area contributed by atoms with Crippen LogP contribution in [-0.4, -0.2) is 38.9 Å². The van der Waals surface area contributed by atoms with Gasteiger partial charge in [0.1, 0.15) is 11.5 Å². The van der Waals surface area contributed by atoms with Crippen molar-refractivity contribution in [2.75, 3.05) is 0 Å². The lowest BCUT2D eigenvalue weighted by atomic mass is 9.72. The van der Waals surface area contributed by atoms with E-state index in [2.05, 4.69) is 13.8 Å². The third-order valence-electron chi connectivity index (χ3n) is 7.10. The fraction of sp³-hybridized carbons (Fsp3) is 0.593. The molecule has 0 amide bonds. The van der Waals surface area contributed by atoms with E-state index in [-0.39, 0.29) is 28.8 Å². The molecule has 1 aromatic carbocycles. The topological polar surface area (TPSA) is 87.0 Å². The average molecular weight is 443 g/mol. The molecule has 0 saturated carbocycles. The molecule has 1 aliphatic carbocycles. The second-order valence-electron chi connectivity index (χ2n) is 10.8. The predicted molar refractivity (Wildman–Crippen MR) is 126 cm³/mol. The average Bonchev–Trinajstić information content (AvgIpc) is 2.79. The van der Waals surface area contributed by atoms with Crippen LogP contribution in [0.4, 0.5) is 0 Å². The zero-order valence-corrected chi connectivity index (χ0v) is 20.3. The first-order valence-electron chi connectivity index (χ1n) is 11.6. The van der Waals surface area contributed by atoms with Crippen LogP contribution >= 0.6 is 0 Å². The highest BCUT2D eigenvalue weighted by molar-refractivity contribution is 5.96. The smallest absolute Gasteiger partial charge is 0.159 e. The van der Waals surface area contributed by atoms with Gasteiger partial charge in [0.25, 0.3) is 0 Å². The van der Waals surface area contributed by atoms with Gasteiger partial charge in [0.15, 0.2) is 5.78 Å². The molecule has 0 radical (unpaired) electrons. The highest BCUT2D eigenvalue weighted by Crippen LogP contribution is 2.45. The fourth-order valence-electron chi connectivity index (χ4n) is 4.94. The summed E-state index contributed by atoms with van der Waals surface area (Å²) in [7, 11) is 0. The van der Waals surface area contributed by atoms with E-state index in [0.717, 1.165) is 29.6 Å². The first-order chi connectivity index (χ1) is 14.8. The Morgan fingerprint density at radius 2 is 1.91 bits per heavy atom. The number of fused-ring (bicyclic) bond motifs is 1. The van der Waals surface area contributed by atoms with Crippen LogP contribution in [-0.2, 0) is 16.0 Å². The minimum atomic E-state index is -0.748. The van der Waals surface area contributed by atoms with Crippen LogP contribution in [0.1, 0.15) is 77.8 Å². The van der Waals surface area contributed by atoms with Gasteiger partial charge in [-0.2, -0.15) is 0 Å². The Kier molecular flexibility index (Phi) is 6.92. The minimum absolute atomic E-state index is 0.120. The van der Waals surface area contributed by atoms with Crippen LogP contribution in [0.15, 0.2) is 34.9 Å². The molecule has 5 heteroatoms. The molecule has 2 bridgehead atoms. The fourth-order valence-corrected chi connectivity index (χ4v) is 4.94. The van der Waals surface area contributed by atoms with Crippen LogP contribution in [0.25, 0.3) is 0 Å². The lowest BCUT2D eigenvalue weighted by molar-refractivity contribution is -0.148. The van der Waals surface area contributed by atoms with Crippen molar-refractivity contribution < 1.29 is 24.9 Å². The summed E-state index contributed by atoms with van der Waals surface area (Å²) < 4.78 is 6.55. The molecule has 0 aromatic heterocycles. The number of allylic oxidation sites excluding steroid dienone is 2. The van der Waals surface area contributed by atoms with E-state index in [1.54, 1.807) is 19.1 Å². The van der Waals surface area contributed by atoms with Crippen molar-refractivity contribution in [2.24, 2.45) is 5.41 Å². The summed E-state index contributed by atoms with van der Waals surface area (Å²) in [5.41, 5.74) is 3.16. The van der Waals surface area contributed by atoms with Gasteiger partial charge in [-0.15, -0.1) is 0 Å². The Morgan fingerprint density at radius 3 is 2.59 bits per heavy atom. The maximum absolute atomic E-state index is 13.1. The zero-order chi connectivity index (χ0) is 23.8. The maximum Gasteiger partial charge on any atom is 0.159 e. The number of ketones is 1. The van der Waals surface area contributed by atoms with Gasteiger partial charge in [-0.1, -0.05) is 25.5 Å². The largest absolute Gasteiger partial charge is 0.508 e. The number of aryl methyl sites for hydroxylation is 1. The first kappa shape index (κ1) is 24.5. The van der Waals surface area contributed by atoms with Crippen molar-refractivity contribution in [3.05, 3.63) is 46.1 Å². The number of rotatable bonds is 4. The third-order valence-corrected chi connectivity index (χ3v) is 7.10. The van der Waals surface area contributed by atoms with Gasteiger partial charge < -0.3 is 20.1 Å². The van der Waals surface area contributed by atoms with Crippen LogP contribution in [0, 0.1) is 12.3 Å². The number of aromatic hydroxyl groups is 2. The Hall–Kier alpha value is -2.11. The van der Waals surface area contributed by atoms with Crippen LogP contribution in [0.3, 0.4) is 0 Å². The minimum Gasteiger partial charge on any atom is -0.508 e. The highest BCUT2D eigenvalue weighted by atomic mass is 16.5. The van der Waals surface area contributed by atoms with Crippen molar-refractivity contribution >= 4 is 5.78 Å². The van der Waals surface area contributed by atoms with Crippen LogP contribution < -0.4 is 0 Å². The summed E-state index contributed by atoms with van der Waals surface area (Å²) in [6.45, 7) is 12.0. The Bertz CT molecular complexity index is 951. The summed E-state index contributed by atoms with van der Waals surface area (Å²) in [4.78, 5) is 13.1. The number of Topliss-reactive ketones (excluding diaryl/α,β-unsaturated/α-hetero) is 1. The number of carbonyl (C=O) groups excluding carboxylic acids is 1. The number of carbonyl (C=O) groups is 1.